The fourth-order valence-corrected chi connectivity index (χ4v) is 2.70. The molecule has 6 heteroatoms. The van der Waals surface area contributed by atoms with Gasteiger partial charge >= 0.3 is 12.0 Å². The van der Waals surface area contributed by atoms with E-state index in [9.17, 15) is 9.59 Å². The number of carbonyl (C=O) groups is 2. The third-order valence-electron chi connectivity index (χ3n) is 3.97. The van der Waals surface area contributed by atoms with Crippen molar-refractivity contribution in [2.24, 2.45) is 0 Å². The molecule has 1 aromatic carbocycles. The molecule has 0 spiro atoms. The van der Waals surface area contributed by atoms with E-state index in [0.29, 0.717) is 22.4 Å². The lowest BCUT2D eigenvalue weighted by Gasteiger charge is -2.39. The summed E-state index contributed by atoms with van der Waals surface area (Å²) in [6.45, 7) is 3.71. The molecule has 1 aliphatic rings. The fourth-order valence-electron chi connectivity index (χ4n) is 2.70. The van der Waals surface area contributed by atoms with Crippen molar-refractivity contribution in [2.75, 3.05) is 20.7 Å². The number of benzene rings is 1. The summed E-state index contributed by atoms with van der Waals surface area (Å²) < 4.78 is 5.17. The molecule has 0 aliphatic carbocycles. The molecule has 1 aliphatic heterocycles. The lowest BCUT2D eigenvalue weighted by atomic mass is 9.93. The Balaban J connectivity index is 2.62. The summed E-state index contributed by atoms with van der Waals surface area (Å²) in [5.74, 6) is -0.455. The molecule has 0 bridgehead atoms. The van der Waals surface area contributed by atoms with Crippen LogP contribution in [0, 0.1) is 11.3 Å². The zero-order valence-corrected chi connectivity index (χ0v) is 13.7. The Morgan fingerprint density at radius 3 is 2.70 bits per heavy atom. The summed E-state index contributed by atoms with van der Waals surface area (Å²) in [6.07, 6.45) is 0. The molecule has 23 heavy (non-hydrogen) atoms. The first kappa shape index (κ1) is 16.6. The Bertz CT molecular complexity index is 718. The third-order valence-corrected chi connectivity index (χ3v) is 3.97. The maximum atomic E-state index is 12.4. The number of allylic oxidation sites excluding steroid dienone is 1. The Labute approximate surface area is 135 Å². The second-order valence-corrected chi connectivity index (χ2v) is 5.31. The fraction of sp³-hybridized carbons (Fsp3) is 0.353. The number of urea groups is 1. The molecule has 1 atom stereocenters. The van der Waals surface area contributed by atoms with Crippen molar-refractivity contribution < 1.29 is 14.3 Å². The average molecular weight is 313 g/mol. The van der Waals surface area contributed by atoms with Crippen LogP contribution in [0.4, 0.5) is 4.79 Å². The number of ether oxygens (including phenoxy) is 1. The zero-order chi connectivity index (χ0) is 17.1. The number of hydrogen-bond acceptors (Lipinski definition) is 4. The van der Waals surface area contributed by atoms with E-state index in [4.69, 9.17) is 10.00 Å². The minimum absolute atomic E-state index is 0.220. The van der Waals surface area contributed by atoms with Gasteiger partial charge in [-0.2, -0.15) is 5.26 Å². The lowest BCUT2D eigenvalue weighted by molar-refractivity contribution is -0.139. The predicted molar refractivity (Wildman–Crippen MR) is 84.2 cm³/mol. The molecule has 0 saturated carbocycles. The van der Waals surface area contributed by atoms with Crippen molar-refractivity contribution in [3.8, 4) is 6.07 Å². The maximum absolute atomic E-state index is 12.4. The standard InChI is InChI=1S/C17H19N3O3/c1-5-23-16(21)14-11(2)19(3)17(22)20(4)15(14)13-8-6-7-12(9-13)10-18/h6-9,15H,5H2,1-4H3/t15-/m1/s1. The van der Waals surface area contributed by atoms with Gasteiger partial charge in [-0.05, 0) is 31.5 Å². The normalized spacial score (nSPS) is 18.0. The number of likely N-dealkylation sites (N-methyl/N-ethyl adjacent to an activating group) is 1. The molecule has 1 heterocycles. The van der Waals surface area contributed by atoms with E-state index < -0.39 is 12.0 Å². The second kappa shape index (κ2) is 6.53. The van der Waals surface area contributed by atoms with Gasteiger partial charge in [-0.1, -0.05) is 12.1 Å². The van der Waals surface area contributed by atoms with E-state index >= 15 is 0 Å². The highest BCUT2D eigenvalue weighted by atomic mass is 16.5. The Morgan fingerprint density at radius 2 is 2.09 bits per heavy atom. The molecule has 0 radical (unpaired) electrons. The first-order valence-corrected chi connectivity index (χ1v) is 7.30. The summed E-state index contributed by atoms with van der Waals surface area (Å²) in [5.41, 5.74) is 2.14. The first-order chi connectivity index (χ1) is 10.9. The SMILES string of the molecule is CCOC(=O)C1=C(C)N(C)C(=O)N(C)[C@@H]1c1cccc(C#N)c1. The largest absolute Gasteiger partial charge is 0.463 e. The van der Waals surface area contributed by atoms with Gasteiger partial charge in [0.1, 0.15) is 0 Å². The first-order valence-electron chi connectivity index (χ1n) is 7.30. The van der Waals surface area contributed by atoms with Gasteiger partial charge in [0.2, 0.25) is 0 Å². The van der Waals surface area contributed by atoms with E-state index in [1.807, 2.05) is 0 Å². The van der Waals surface area contributed by atoms with Gasteiger partial charge in [0.05, 0.1) is 29.9 Å². The molecule has 2 amide bonds. The summed E-state index contributed by atoms with van der Waals surface area (Å²) in [6, 6.07) is 8.18. The highest BCUT2D eigenvalue weighted by molar-refractivity contribution is 5.94. The highest BCUT2D eigenvalue weighted by Gasteiger charge is 2.39. The quantitative estimate of drug-likeness (QED) is 0.803. The topological polar surface area (TPSA) is 73.6 Å². The molecule has 2 rings (SSSR count). The number of nitrogens with zero attached hydrogens (tertiary/aromatic N) is 3. The Morgan fingerprint density at radius 1 is 1.39 bits per heavy atom. The van der Waals surface area contributed by atoms with Gasteiger partial charge in [-0.3, -0.25) is 0 Å². The van der Waals surface area contributed by atoms with Gasteiger partial charge in [0.15, 0.2) is 0 Å². The van der Waals surface area contributed by atoms with E-state index in [0.717, 1.165) is 0 Å². The van der Waals surface area contributed by atoms with E-state index in [1.165, 1.54) is 9.80 Å². The van der Waals surface area contributed by atoms with Crippen LogP contribution in [-0.4, -0.2) is 42.5 Å². The van der Waals surface area contributed by atoms with E-state index in [-0.39, 0.29) is 12.6 Å². The number of carbonyl (C=O) groups excluding carboxylic acids is 2. The average Bonchev–Trinajstić information content (AvgIpc) is 2.56. The van der Waals surface area contributed by atoms with Gasteiger partial charge < -0.3 is 14.5 Å². The highest BCUT2D eigenvalue weighted by Crippen LogP contribution is 2.36. The van der Waals surface area contributed by atoms with Crippen LogP contribution in [0.2, 0.25) is 0 Å². The molecular weight excluding hydrogens is 294 g/mol. The smallest absolute Gasteiger partial charge is 0.338 e. The number of esters is 1. The van der Waals surface area contributed by atoms with Crippen LogP contribution in [0.5, 0.6) is 0 Å². The van der Waals surface area contributed by atoms with Crippen LogP contribution < -0.4 is 0 Å². The van der Waals surface area contributed by atoms with Crippen LogP contribution in [-0.2, 0) is 9.53 Å². The van der Waals surface area contributed by atoms with Crippen LogP contribution in [0.15, 0.2) is 35.5 Å². The molecular formula is C17H19N3O3. The van der Waals surface area contributed by atoms with Crippen molar-refractivity contribution in [1.29, 1.82) is 5.26 Å². The van der Waals surface area contributed by atoms with E-state index in [1.54, 1.807) is 52.2 Å². The van der Waals surface area contributed by atoms with Gasteiger partial charge in [0.25, 0.3) is 0 Å². The number of amides is 2. The van der Waals surface area contributed by atoms with Gasteiger partial charge in [0, 0.05) is 19.8 Å². The van der Waals surface area contributed by atoms with E-state index in [2.05, 4.69) is 6.07 Å². The van der Waals surface area contributed by atoms with Crippen LogP contribution >= 0.6 is 0 Å². The summed E-state index contributed by atoms with van der Waals surface area (Å²) >= 11 is 0. The van der Waals surface area contributed by atoms with Crippen LogP contribution in [0.1, 0.15) is 31.0 Å². The van der Waals surface area contributed by atoms with Crippen molar-refractivity contribution >= 4 is 12.0 Å². The molecule has 6 nitrogen and oxygen atoms in total. The Hall–Kier alpha value is -2.81. The Kier molecular flexibility index (Phi) is 4.70. The lowest BCUT2D eigenvalue weighted by Crippen LogP contribution is -2.47. The molecule has 0 aromatic heterocycles. The number of hydrogen-bond donors (Lipinski definition) is 0. The van der Waals surface area contributed by atoms with Crippen molar-refractivity contribution in [1.82, 2.24) is 9.80 Å². The van der Waals surface area contributed by atoms with Gasteiger partial charge in [-0.15, -0.1) is 0 Å². The molecule has 120 valence electrons. The molecule has 0 unspecified atom stereocenters. The van der Waals surface area contributed by atoms with Crippen molar-refractivity contribution in [3.63, 3.8) is 0 Å². The summed E-state index contributed by atoms with van der Waals surface area (Å²) in [4.78, 5) is 27.7. The second-order valence-electron chi connectivity index (χ2n) is 5.31. The van der Waals surface area contributed by atoms with Crippen LogP contribution in [0.3, 0.4) is 0 Å². The molecule has 0 saturated heterocycles. The number of rotatable bonds is 3. The molecule has 0 N–H and O–H groups in total. The minimum Gasteiger partial charge on any atom is -0.463 e. The third kappa shape index (κ3) is 2.90. The summed E-state index contributed by atoms with van der Waals surface area (Å²) in [5, 5.41) is 9.09. The molecule has 0 fully saturated rings. The maximum Gasteiger partial charge on any atom is 0.338 e. The summed E-state index contributed by atoms with van der Waals surface area (Å²) in [7, 11) is 3.25. The minimum atomic E-state index is -0.578. The predicted octanol–water partition coefficient (Wildman–Crippen LogP) is 2.43. The van der Waals surface area contributed by atoms with Crippen LogP contribution in [0.25, 0.3) is 0 Å². The number of nitriles is 1. The van der Waals surface area contributed by atoms with Crippen molar-refractivity contribution in [2.45, 2.75) is 19.9 Å². The molecule has 1 aromatic rings. The van der Waals surface area contributed by atoms with Crippen molar-refractivity contribution in [3.05, 3.63) is 46.7 Å². The van der Waals surface area contributed by atoms with Gasteiger partial charge in [-0.25, -0.2) is 9.59 Å². The zero-order valence-electron chi connectivity index (χ0n) is 13.7. The monoisotopic (exact) mass is 313 g/mol.